The van der Waals surface area contributed by atoms with Gasteiger partial charge in [0.1, 0.15) is 12.1 Å². The van der Waals surface area contributed by atoms with Gasteiger partial charge in [-0.05, 0) is 19.9 Å². The summed E-state index contributed by atoms with van der Waals surface area (Å²) in [6.45, 7) is 3.67. The van der Waals surface area contributed by atoms with Crippen LogP contribution in [0.15, 0.2) is 23.5 Å². The lowest BCUT2D eigenvalue weighted by atomic mass is 10.1. The number of rotatable bonds is 4. The molecule has 12 heteroatoms. The molecule has 0 saturated carbocycles. The van der Waals surface area contributed by atoms with Crippen molar-refractivity contribution in [1.82, 2.24) is 34.4 Å². The van der Waals surface area contributed by atoms with E-state index >= 15 is 0 Å². The third-order valence-corrected chi connectivity index (χ3v) is 5.05. The molecule has 4 heterocycles. The number of nitrogens with zero attached hydrogens (tertiary/aromatic N) is 8. The minimum absolute atomic E-state index is 0.120. The van der Waals surface area contributed by atoms with Crippen LogP contribution in [0, 0.1) is 13.8 Å². The number of carbonyl (C=O) groups excluding carboxylic acids is 3. The molecule has 0 aromatic carbocycles. The number of aliphatic imine (C=N–C) groups is 1. The molecule has 0 spiro atoms. The summed E-state index contributed by atoms with van der Waals surface area (Å²) in [7, 11) is 2.99. The van der Waals surface area contributed by atoms with E-state index in [9.17, 15) is 14.4 Å². The third kappa shape index (κ3) is 3.25. The Morgan fingerprint density at radius 3 is 2.63 bits per heavy atom. The van der Waals surface area contributed by atoms with E-state index in [1.807, 2.05) is 19.9 Å². The number of hydrogen-bond acceptors (Lipinski definition) is 8. The normalized spacial score (nSPS) is 20.7. The summed E-state index contributed by atoms with van der Waals surface area (Å²) >= 11 is 0. The average Bonchev–Trinajstić information content (AvgIpc) is 3.27. The lowest BCUT2D eigenvalue weighted by Gasteiger charge is -2.39. The van der Waals surface area contributed by atoms with Crippen LogP contribution in [0.1, 0.15) is 11.4 Å². The molecule has 4 rings (SSSR count). The van der Waals surface area contributed by atoms with Crippen molar-refractivity contribution in [1.29, 1.82) is 0 Å². The second-order valence-corrected chi connectivity index (χ2v) is 7.23. The Hall–Kier alpha value is -3.83. The Labute approximate surface area is 172 Å². The Morgan fingerprint density at radius 2 is 1.93 bits per heavy atom. The van der Waals surface area contributed by atoms with Crippen LogP contribution in [-0.2, 0) is 9.59 Å². The zero-order chi connectivity index (χ0) is 21.6. The Bertz CT molecular complexity index is 1060. The van der Waals surface area contributed by atoms with Crippen molar-refractivity contribution in [2.75, 3.05) is 26.0 Å². The van der Waals surface area contributed by atoms with Gasteiger partial charge in [-0.2, -0.15) is 5.10 Å². The first-order chi connectivity index (χ1) is 14.3. The Morgan fingerprint density at radius 1 is 1.17 bits per heavy atom. The fraction of sp³-hybridized carbons (Fsp3) is 0.389. The minimum atomic E-state index is -0.737. The van der Waals surface area contributed by atoms with Crippen LogP contribution in [0.5, 0.6) is 0 Å². The molecular formula is C18H21N9O3. The number of nitrogens with one attached hydrogen (secondary N) is 1. The summed E-state index contributed by atoms with van der Waals surface area (Å²) in [5, 5.41) is 7.08. The van der Waals surface area contributed by atoms with Crippen molar-refractivity contribution in [3.63, 3.8) is 0 Å². The van der Waals surface area contributed by atoms with Crippen molar-refractivity contribution < 1.29 is 14.4 Å². The molecule has 2 atom stereocenters. The first-order valence-electron chi connectivity index (χ1n) is 9.25. The molecule has 2 aromatic heterocycles. The number of imide groups is 1. The summed E-state index contributed by atoms with van der Waals surface area (Å²) in [4.78, 5) is 53.6. The highest BCUT2D eigenvalue weighted by atomic mass is 16.2. The lowest BCUT2D eigenvalue weighted by Crippen LogP contribution is -2.64. The number of likely N-dealkylation sites (N-methyl/N-ethyl adjacent to an activating group) is 2. The predicted molar refractivity (Wildman–Crippen MR) is 106 cm³/mol. The first-order valence-corrected chi connectivity index (χ1v) is 9.25. The van der Waals surface area contributed by atoms with Crippen LogP contribution in [0.2, 0.25) is 0 Å². The van der Waals surface area contributed by atoms with E-state index in [-0.39, 0.29) is 12.5 Å². The van der Waals surface area contributed by atoms with Gasteiger partial charge in [-0.3, -0.25) is 14.5 Å². The van der Waals surface area contributed by atoms with E-state index in [1.165, 1.54) is 29.5 Å². The molecule has 1 N–H and O–H groups in total. The first kappa shape index (κ1) is 19.5. The highest BCUT2D eigenvalue weighted by Crippen LogP contribution is 2.24. The van der Waals surface area contributed by atoms with Gasteiger partial charge in [-0.15, -0.1) is 0 Å². The van der Waals surface area contributed by atoms with E-state index < -0.39 is 24.1 Å². The molecule has 0 bridgehead atoms. The van der Waals surface area contributed by atoms with Gasteiger partial charge < -0.3 is 15.1 Å². The van der Waals surface area contributed by atoms with Gasteiger partial charge >= 0.3 is 6.03 Å². The number of aryl methyl sites for hydroxylation is 2. The zero-order valence-electron chi connectivity index (χ0n) is 17.0. The van der Waals surface area contributed by atoms with Gasteiger partial charge in [0.05, 0.1) is 18.6 Å². The van der Waals surface area contributed by atoms with Crippen LogP contribution in [0.4, 0.5) is 10.6 Å². The number of aromatic nitrogens is 4. The van der Waals surface area contributed by atoms with E-state index in [0.717, 1.165) is 16.3 Å². The van der Waals surface area contributed by atoms with E-state index in [4.69, 9.17) is 0 Å². The number of hydrogen-bond donors (Lipinski definition) is 1. The summed E-state index contributed by atoms with van der Waals surface area (Å²) in [6.07, 6.45) is 2.12. The molecule has 1 saturated heterocycles. The molecular weight excluding hydrogens is 390 g/mol. The summed E-state index contributed by atoms with van der Waals surface area (Å²) < 4.78 is 1.66. The molecule has 2 aliphatic heterocycles. The smallest absolute Gasteiger partial charge is 0.328 e. The zero-order valence-corrected chi connectivity index (χ0v) is 17.0. The number of carbonyl (C=O) groups is 3. The van der Waals surface area contributed by atoms with Gasteiger partial charge in [0.2, 0.25) is 5.91 Å². The molecule has 12 nitrogen and oxygen atoms in total. The van der Waals surface area contributed by atoms with Crippen LogP contribution in [0.3, 0.4) is 0 Å². The Balaban J connectivity index is 1.46. The number of amides is 4. The van der Waals surface area contributed by atoms with Gasteiger partial charge in [0.25, 0.3) is 5.91 Å². The lowest BCUT2D eigenvalue weighted by molar-refractivity contribution is -0.136. The van der Waals surface area contributed by atoms with Crippen molar-refractivity contribution in [2.45, 2.75) is 26.1 Å². The van der Waals surface area contributed by atoms with Gasteiger partial charge in [-0.1, -0.05) is 0 Å². The van der Waals surface area contributed by atoms with Crippen molar-refractivity contribution in [3.8, 4) is 5.82 Å². The average molecular weight is 411 g/mol. The second-order valence-electron chi connectivity index (χ2n) is 7.23. The molecule has 1 fully saturated rings. The summed E-state index contributed by atoms with van der Waals surface area (Å²) in [5.74, 6) is 0.0555. The van der Waals surface area contributed by atoms with E-state index in [1.54, 1.807) is 17.8 Å². The van der Waals surface area contributed by atoms with E-state index in [2.05, 4.69) is 25.4 Å². The SMILES string of the molecule is Cc1cc(C)n(-c2cc(NC(=O)CN3C=NC4C3C(=O)N(C)C(=O)N4C)ncn2)n1. The fourth-order valence-electron chi connectivity index (χ4n) is 3.58. The van der Waals surface area contributed by atoms with Crippen LogP contribution in [-0.4, -0.2) is 91.5 Å². The molecule has 156 valence electrons. The number of anilines is 1. The van der Waals surface area contributed by atoms with Crippen LogP contribution < -0.4 is 5.32 Å². The maximum absolute atomic E-state index is 12.6. The molecule has 0 radical (unpaired) electrons. The summed E-state index contributed by atoms with van der Waals surface area (Å²) in [5.41, 5.74) is 1.76. The monoisotopic (exact) mass is 411 g/mol. The largest absolute Gasteiger partial charge is 0.338 e. The quantitative estimate of drug-likeness (QED) is 0.736. The van der Waals surface area contributed by atoms with Gasteiger partial charge in [0, 0.05) is 25.9 Å². The van der Waals surface area contributed by atoms with E-state index in [0.29, 0.717) is 11.6 Å². The number of fused-ring (bicyclic) bond motifs is 1. The van der Waals surface area contributed by atoms with Gasteiger partial charge in [-0.25, -0.2) is 24.4 Å². The van der Waals surface area contributed by atoms with Crippen molar-refractivity contribution in [2.24, 2.45) is 4.99 Å². The predicted octanol–water partition coefficient (Wildman–Crippen LogP) is -0.220. The molecule has 0 aliphatic carbocycles. The molecule has 4 amide bonds. The second kappa shape index (κ2) is 7.21. The minimum Gasteiger partial charge on any atom is -0.338 e. The Kier molecular flexibility index (Phi) is 4.68. The number of urea groups is 1. The fourth-order valence-corrected chi connectivity index (χ4v) is 3.58. The third-order valence-electron chi connectivity index (χ3n) is 5.05. The topological polar surface area (TPSA) is 129 Å². The van der Waals surface area contributed by atoms with Gasteiger partial charge in [0.15, 0.2) is 18.0 Å². The highest BCUT2D eigenvalue weighted by Gasteiger charge is 2.48. The van der Waals surface area contributed by atoms with Crippen molar-refractivity contribution in [3.05, 3.63) is 29.8 Å². The van der Waals surface area contributed by atoms with Crippen LogP contribution >= 0.6 is 0 Å². The molecule has 30 heavy (non-hydrogen) atoms. The molecule has 2 aliphatic rings. The molecule has 2 aromatic rings. The standard InChI is InChI=1S/C18H21N9O3/c1-10-5-11(2)27(23-10)13-6-12(19-8-20-13)22-14(28)7-26-9-21-16-15(26)17(29)25(4)18(30)24(16)3/h5-6,8-9,15-16H,7H2,1-4H3,(H,19,20,22,28). The van der Waals surface area contributed by atoms with Crippen molar-refractivity contribution >= 4 is 30.0 Å². The maximum Gasteiger partial charge on any atom is 0.328 e. The summed E-state index contributed by atoms with van der Waals surface area (Å²) in [6, 6.07) is 2.37. The highest BCUT2D eigenvalue weighted by molar-refractivity contribution is 6.02. The molecule has 2 unspecified atom stereocenters. The van der Waals surface area contributed by atoms with Crippen LogP contribution in [0.25, 0.3) is 5.82 Å². The maximum atomic E-state index is 12.6.